The van der Waals surface area contributed by atoms with Gasteiger partial charge in [0, 0.05) is 5.69 Å². The van der Waals surface area contributed by atoms with Gasteiger partial charge in [0.1, 0.15) is 0 Å². The van der Waals surface area contributed by atoms with E-state index in [0.717, 1.165) is 5.56 Å². The summed E-state index contributed by atoms with van der Waals surface area (Å²) in [5.74, 6) is -1.36. The highest BCUT2D eigenvalue weighted by Gasteiger charge is 2.13. The van der Waals surface area contributed by atoms with Gasteiger partial charge in [-0.25, -0.2) is 13.2 Å². The van der Waals surface area contributed by atoms with Gasteiger partial charge in [-0.15, -0.1) is 0 Å². The zero-order chi connectivity index (χ0) is 15.5. The summed E-state index contributed by atoms with van der Waals surface area (Å²) >= 11 is 0. The van der Waals surface area contributed by atoms with Gasteiger partial charge in [0.2, 0.25) is 10.0 Å². The highest BCUT2D eigenvalue weighted by atomic mass is 32.2. The van der Waals surface area contributed by atoms with Gasteiger partial charge in [-0.1, -0.05) is 24.3 Å². The molecular formula is C15H15NO4S. The number of nitrogens with one attached hydrogen (secondary N) is 1. The van der Waals surface area contributed by atoms with Gasteiger partial charge in [0.15, 0.2) is 0 Å². The molecular weight excluding hydrogens is 290 g/mol. The molecule has 21 heavy (non-hydrogen) atoms. The van der Waals surface area contributed by atoms with Crippen molar-refractivity contribution in [3.05, 3.63) is 65.2 Å². The molecule has 0 aliphatic carbocycles. The summed E-state index contributed by atoms with van der Waals surface area (Å²) in [5, 5.41) is 8.91. The lowest BCUT2D eigenvalue weighted by Crippen LogP contribution is -2.15. The molecule has 0 bridgehead atoms. The summed E-state index contributed by atoms with van der Waals surface area (Å²) in [4.78, 5) is 10.9. The van der Waals surface area contributed by atoms with Gasteiger partial charge in [-0.3, -0.25) is 4.72 Å². The van der Waals surface area contributed by atoms with Gasteiger partial charge in [-0.2, -0.15) is 0 Å². The third-order valence-electron chi connectivity index (χ3n) is 2.82. The van der Waals surface area contributed by atoms with Crippen molar-refractivity contribution in [1.29, 1.82) is 0 Å². The smallest absolute Gasteiger partial charge is 0.335 e. The monoisotopic (exact) mass is 305 g/mol. The molecule has 2 aromatic rings. The minimum atomic E-state index is -3.59. The van der Waals surface area contributed by atoms with Gasteiger partial charge < -0.3 is 5.11 Å². The number of rotatable bonds is 5. The lowest BCUT2D eigenvalue weighted by atomic mass is 10.1. The van der Waals surface area contributed by atoms with Crippen LogP contribution in [0.5, 0.6) is 0 Å². The zero-order valence-electron chi connectivity index (χ0n) is 11.4. The predicted molar refractivity (Wildman–Crippen MR) is 80.8 cm³/mol. The maximum Gasteiger partial charge on any atom is 0.335 e. The molecule has 2 rings (SSSR count). The largest absolute Gasteiger partial charge is 0.478 e. The van der Waals surface area contributed by atoms with Crippen molar-refractivity contribution in [2.24, 2.45) is 0 Å². The molecule has 0 radical (unpaired) electrons. The maximum absolute atomic E-state index is 12.1. The van der Waals surface area contributed by atoms with Crippen LogP contribution in [0.2, 0.25) is 0 Å². The molecule has 0 saturated carbocycles. The minimum absolute atomic E-state index is 0.0678. The summed E-state index contributed by atoms with van der Waals surface area (Å²) in [6.07, 6.45) is 0. The van der Waals surface area contributed by atoms with Crippen molar-refractivity contribution >= 4 is 21.7 Å². The number of anilines is 1. The Hall–Kier alpha value is -2.34. The number of carboxylic acids is 1. The van der Waals surface area contributed by atoms with Crippen LogP contribution >= 0.6 is 0 Å². The summed E-state index contributed by atoms with van der Waals surface area (Å²) in [7, 11) is -3.59. The summed E-state index contributed by atoms with van der Waals surface area (Å²) in [6.45, 7) is 1.87. The number of aryl methyl sites for hydroxylation is 1. The van der Waals surface area contributed by atoms with Crippen LogP contribution in [-0.4, -0.2) is 19.5 Å². The van der Waals surface area contributed by atoms with Gasteiger partial charge >= 0.3 is 5.97 Å². The number of hydrogen-bond acceptors (Lipinski definition) is 3. The van der Waals surface area contributed by atoms with E-state index in [9.17, 15) is 13.2 Å². The third kappa shape index (κ3) is 4.32. The molecule has 2 aromatic carbocycles. The van der Waals surface area contributed by atoms with E-state index < -0.39 is 16.0 Å². The Kier molecular flexibility index (Phi) is 4.28. The number of benzene rings is 2. The Labute approximate surface area is 123 Å². The van der Waals surface area contributed by atoms with Gasteiger partial charge in [0.25, 0.3) is 0 Å². The Bertz CT molecular complexity index is 769. The van der Waals surface area contributed by atoms with Gasteiger partial charge in [0.05, 0.1) is 11.3 Å². The Morgan fingerprint density at radius 3 is 2.52 bits per heavy atom. The second-order valence-electron chi connectivity index (χ2n) is 4.74. The first-order chi connectivity index (χ1) is 9.85. The summed E-state index contributed by atoms with van der Waals surface area (Å²) < 4.78 is 26.7. The van der Waals surface area contributed by atoms with Crippen molar-refractivity contribution < 1.29 is 18.3 Å². The number of sulfonamides is 1. The van der Waals surface area contributed by atoms with E-state index in [1.807, 2.05) is 13.0 Å². The van der Waals surface area contributed by atoms with Crippen LogP contribution < -0.4 is 4.72 Å². The van der Waals surface area contributed by atoms with Crippen LogP contribution in [0.3, 0.4) is 0 Å². The molecule has 0 saturated heterocycles. The molecule has 0 atom stereocenters. The van der Waals surface area contributed by atoms with Crippen LogP contribution in [0.1, 0.15) is 21.5 Å². The van der Waals surface area contributed by atoms with E-state index in [0.29, 0.717) is 11.3 Å². The van der Waals surface area contributed by atoms with Crippen LogP contribution in [0.4, 0.5) is 5.69 Å². The third-order valence-corrected chi connectivity index (χ3v) is 4.08. The van der Waals surface area contributed by atoms with E-state index in [4.69, 9.17) is 5.11 Å². The average Bonchev–Trinajstić information content (AvgIpc) is 2.37. The van der Waals surface area contributed by atoms with Crippen molar-refractivity contribution in [1.82, 2.24) is 0 Å². The molecule has 6 heteroatoms. The SMILES string of the molecule is Cc1cccc(NS(=O)(=O)Cc2cccc(C(=O)O)c2)c1. The predicted octanol–water partition coefficient (Wildman–Crippen LogP) is 2.64. The molecule has 0 aliphatic rings. The molecule has 110 valence electrons. The van der Waals surface area contributed by atoms with E-state index in [1.165, 1.54) is 18.2 Å². The lowest BCUT2D eigenvalue weighted by molar-refractivity contribution is 0.0696. The van der Waals surface area contributed by atoms with Gasteiger partial charge in [-0.05, 0) is 42.3 Å². The topological polar surface area (TPSA) is 83.5 Å². The Balaban J connectivity index is 2.18. The van der Waals surface area contributed by atoms with Crippen molar-refractivity contribution in [2.45, 2.75) is 12.7 Å². The quantitative estimate of drug-likeness (QED) is 0.889. The summed E-state index contributed by atoms with van der Waals surface area (Å²) in [5.41, 5.74) is 1.93. The highest BCUT2D eigenvalue weighted by molar-refractivity contribution is 7.91. The second kappa shape index (κ2) is 5.97. The fourth-order valence-corrected chi connectivity index (χ4v) is 3.11. The lowest BCUT2D eigenvalue weighted by Gasteiger charge is -2.09. The number of carbonyl (C=O) groups is 1. The number of aromatic carboxylic acids is 1. The first-order valence-electron chi connectivity index (χ1n) is 6.25. The fourth-order valence-electron chi connectivity index (χ4n) is 1.94. The minimum Gasteiger partial charge on any atom is -0.478 e. The van der Waals surface area contributed by atoms with Crippen molar-refractivity contribution in [2.75, 3.05) is 4.72 Å². The average molecular weight is 305 g/mol. The van der Waals surface area contributed by atoms with Crippen LogP contribution in [0.25, 0.3) is 0 Å². The maximum atomic E-state index is 12.1. The Morgan fingerprint density at radius 2 is 1.86 bits per heavy atom. The van der Waals surface area contributed by atoms with E-state index in [-0.39, 0.29) is 11.3 Å². The molecule has 2 N–H and O–H groups in total. The van der Waals surface area contributed by atoms with E-state index in [2.05, 4.69) is 4.72 Å². The molecule has 0 heterocycles. The summed E-state index contributed by atoms with van der Waals surface area (Å²) in [6, 6.07) is 12.9. The molecule has 0 unspecified atom stereocenters. The van der Waals surface area contributed by atoms with E-state index in [1.54, 1.807) is 24.3 Å². The molecule has 0 amide bonds. The number of hydrogen-bond donors (Lipinski definition) is 2. The normalized spacial score (nSPS) is 11.1. The molecule has 0 aliphatic heterocycles. The molecule has 0 spiro atoms. The second-order valence-corrected chi connectivity index (χ2v) is 6.46. The molecule has 0 fully saturated rings. The van der Waals surface area contributed by atoms with Crippen molar-refractivity contribution in [3.8, 4) is 0 Å². The van der Waals surface area contributed by atoms with Crippen molar-refractivity contribution in [3.63, 3.8) is 0 Å². The van der Waals surface area contributed by atoms with Crippen LogP contribution in [0.15, 0.2) is 48.5 Å². The van der Waals surface area contributed by atoms with Crippen LogP contribution in [0, 0.1) is 6.92 Å². The number of carboxylic acid groups (broad SMARTS) is 1. The fraction of sp³-hybridized carbons (Fsp3) is 0.133. The van der Waals surface area contributed by atoms with E-state index >= 15 is 0 Å². The molecule has 5 nitrogen and oxygen atoms in total. The Morgan fingerprint density at radius 1 is 1.14 bits per heavy atom. The van der Waals surface area contributed by atoms with Crippen LogP contribution in [-0.2, 0) is 15.8 Å². The highest BCUT2D eigenvalue weighted by Crippen LogP contribution is 2.15. The first-order valence-corrected chi connectivity index (χ1v) is 7.90. The molecule has 0 aromatic heterocycles. The zero-order valence-corrected chi connectivity index (χ0v) is 12.2. The standard InChI is InChI=1S/C15H15NO4S/c1-11-4-2-7-14(8-11)16-21(19,20)10-12-5-3-6-13(9-12)15(17)18/h2-9,16H,10H2,1H3,(H,17,18). The first kappa shape index (κ1) is 15.1.